The topological polar surface area (TPSA) is 75.9 Å². The number of piperidine rings is 1. The molecule has 2 aromatic heterocycles. The number of aryl methyl sites for hydroxylation is 1. The maximum atomic E-state index is 5.15. The van der Waals surface area contributed by atoms with Crippen molar-refractivity contribution in [2.45, 2.75) is 38.8 Å². The van der Waals surface area contributed by atoms with Crippen molar-refractivity contribution in [1.29, 1.82) is 0 Å². The van der Waals surface area contributed by atoms with Gasteiger partial charge in [-0.3, -0.25) is 0 Å². The Hall–Kier alpha value is -1.69. The van der Waals surface area contributed by atoms with Crippen molar-refractivity contribution in [2.24, 2.45) is 0 Å². The number of hydrogen-bond donors (Lipinski definition) is 2. The van der Waals surface area contributed by atoms with Crippen LogP contribution in [-0.2, 0) is 0 Å². The van der Waals surface area contributed by atoms with E-state index in [9.17, 15) is 0 Å². The van der Waals surface area contributed by atoms with E-state index in [4.69, 9.17) is 4.52 Å². The van der Waals surface area contributed by atoms with Crippen LogP contribution in [0.3, 0.4) is 0 Å². The second kappa shape index (κ2) is 4.53. The lowest BCUT2D eigenvalue weighted by molar-refractivity contribution is 0.396. The van der Waals surface area contributed by atoms with Gasteiger partial charge in [-0.15, -0.1) is 0 Å². The Morgan fingerprint density at radius 1 is 1.44 bits per heavy atom. The number of anilines is 1. The van der Waals surface area contributed by atoms with E-state index in [2.05, 4.69) is 32.7 Å². The molecular weight excluding hydrogens is 230 g/mol. The molecule has 1 fully saturated rings. The van der Waals surface area contributed by atoms with E-state index in [0.717, 1.165) is 36.3 Å². The van der Waals surface area contributed by atoms with Crippen LogP contribution in [0.1, 0.15) is 25.5 Å². The van der Waals surface area contributed by atoms with E-state index in [1.54, 1.807) is 0 Å². The van der Waals surface area contributed by atoms with Crippen LogP contribution >= 0.6 is 0 Å². The Morgan fingerprint density at radius 3 is 3.17 bits per heavy atom. The zero-order valence-corrected chi connectivity index (χ0v) is 10.6. The van der Waals surface area contributed by atoms with Gasteiger partial charge in [-0.2, -0.15) is 4.98 Å². The highest BCUT2D eigenvalue weighted by molar-refractivity contribution is 5.87. The first kappa shape index (κ1) is 11.4. The van der Waals surface area contributed by atoms with Crippen LogP contribution in [0.15, 0.2) is 10.9 Å². The van der Waals surface area contributed by atoms with Crippen molar-refractivity contribution >= 4 is 16.9 Å². The van der Waals surface area contributed by atoms with Crippen molar-refractivity contribution in [2.75, 3.05) is 11.9 Å². The highest BCUT2D eigenvalue weighted by Gasteiger charge is 2.20. The molecule has 0 radical (unpaired) electrons. The summed E-state index contributed by atoms with van der Waals surface area (Å²) in [5, 5.41) is 11.8. The fraction of sp³-hybridized carbons (Fsp3) is 0.583. The first-order valence-corrected chi connectivity index (χ1v) is 6.31. The molecule has 18 heavy (non-hydrogen) atoms. The zero-order chi connectivity index (χ0) is 12.5. The van der Waals surface area contributed by atoms with Crippen molar-refractivity contribution in [1.82, 2.24) is 20.4 Å². The van der Waals surface area contributed by atoms with Gasteiger partial charge in [0.05, 0.1) is 5.69 Å². The number of hydrogen-bond acceptors (Lipinski definition) is 6. The normalized spacial score (nSPS) is 24.3. The van der Waals surface area contributed by atoms with Gasteiger partial charge in [0.15, 0.2) is 0 Å². The maximum Gasteiger partial charge on any atom is 0.263 e. The van der Waals surface area contributed by atoms with Gasteiger partial charge in [-0.25, -0.2) is 4.98 Å². The molecule has 3 heterocycles. The Morgan fingerprint density at radius 2 is 2.33 bits per heavy atom. The maximum absolute atomic E-state index is 5.15. The highest BCUT2D eigenvalue weighted by atomic mass is 16.5. The third-order valence-corrected chi connectivity index (χ3v) is 3.41. The summed E-state index contributed by atoms with van der Waals surface area (Å²) in [5.41, 5.74) is 1.38. The molecule has 2 atom stereocenters. The summed E-state index contributed by atoms with van der Waals surface area (Å²) in [5.74, 6) is 0.831. The molecule has 6 nitrogen and oxygen atoms in total. The summed E-state index contributed by atoms with van der Waals surface area (Å²) in [6.07, 6.45) is 3.70. The van der Waals surface area contributed by atoms with Gasteiger partial charge < -0.3 is 15.2 Å². The smallest absolute Gasteiger partial charge is 0.263 e. The Bertz CT molecular complexity index is 552. The average Bonchev–Trinajstić information content (AvgIpc) is 2.72. The van der Waals surface area contributed by atoms with Crippen molar-refractivity contribution in [3.8, 4) is 0 Å². The average molecular weight is 247 g/mol. The molecule has 1 aliphatic heterocycles. The molecule has 0 aliphatic carbocycles. The minimum absolute atomic E-state index is 0.439. The molecule has 6 heteroatoms. The molecule has 2 unspecified atom stereocenters. The van der Waals surface area contributed by atoms with Gasteiger partial charge in [-0.05, 0) is 33.2 Å². The van der Waals surface area contributed by atoms with E-state index in [1.165, 1.54) is 6.33 Å². The van der Waals surface area contributed by atoms with Gasteiger partial charge in [-0.1, -0.05) is 5.16 Å². The second-order valence-electron chi connectivity index (χ2n) is 4.89. The van der Waals surface area contributed by atoms with Crippen LogP contribution in [0.5, 0.6) is 0 Å². The second-order valence-corrected chi connectivity index (χ2v) is 4.89. The van der Waals surface area contributed by atoms with E-state index in [-0.39, 0.29) is 0 Å². The first-order chi connectivity index (χ1) is 8.74. The third kappa shape index (κ3) is 2.03. The van der Waals surface area contributed by atoms with E-state index in [1.807, 2.05) is 6.92 Å². The minimum atomic E-state index is 0.439. The number of nitrogens with zero attached hydrogens (tertiary/aromatic N) is 3. The molecule has 0 saturated carbocycles. The summed E-state index contributed by atoms with van der Waals surface area (Å²) in [6.45, 7) is 5.15. The molecule has 0 bridgehead atoms. The van der Waals surface area contributed by atoms with E-state index < -0.39 is 0 Å². The largest absolute Gasteiger partial charge is 0.366 e. The minimum Gasteiger partial charge on any atom is -0.366 e. The fourth-order valence-electron chi connectivity index (χ4n) is 2.49. The first-order valence-electron chi connectivity index (χ1n) is 6.31. The van der Waals surface area contributed by atoms with E-state index in [0.29, 0.717) is 17.8 Å². The quantitative estimate of drug-likeness (QED) is 0.837. The van der Waals surface area contributed by atoms with Crippen LogP contribution in [0.2, 0.25) is 0 Å². The number of fused-ring (bicyclic) bond motifs is 1. The molecule has 96 valence electrons. The molecule has 2 N–H and O–H groups in total. The summed E-state index contributed by atoms with van der Waals surface area (Å²) in [4.78, 5) is 8.39. The Kier molecular flexibility index (Phi) is 2.87. The predicted octanol–water partition coefficient (Wildman–Crippen LogP) is 1.48. The molecule has 0 amide bonds. The predicted molar refractivity (Wildman–Crippen MR) is 68.4 cm³/mol. The molecule has 0 aromatic carbocycles. The van der Waals surface area contributed by atoms with Gasteiger partial charge in [0, 0.05) is 12.1 Å². The summed E-state index contributed by atoms with van der Waals surface area (Å²) in [7, 11) is 0. The fourth-order valence-corrected chi connectivity index (χ4v) is 2.49. The lowest BCUT2D eigenvalue weighted by atomic mass is 10.0. The summed E-state index contributed by atoms with van der Waals surface area (Å²) < 4.78 is 5.15. The van der Waals surface area contributed by atoms with Crippen LogP contribution in [0, 0.1) is 6.92 Å². The Labute approximate surface area is 105 Å². The van der Waals surface area contributed by atoms with Crippen molar-refractivity contribution in [3.63, 3.8) is 0 Å². The van der Waals surface area contributed by atoms with Crippen LogP contribution in [-0.4, -0.2) is 33.8 Å². The Balaban J connectivity index is 1.88. The molecule has 0 spiro atoms. The molecule has 1 saturated heterocycles. The highest BCUT2D eigenvalue weighted by Crippen LogP contribution is 2.24. The standard InChI is InChI=1S/C12H17N5O/c1-7-5-9(3-4-13-7)16-11-10-8(2)17-18-12(10)15-6-14-11/h6-7,9,13H,3-5H2,1-2H3,(H,14,15,16). The third-order valence-electron chi connectivity index (χ3n) is 3.41. The van der Waals surface area contributed by atoms with Gasteiger partial charge in [0.2, 0.25) is 0 Å². The molecule has 3 rings (SSSR count). The van der Waals surface area contributed by atoms with Crippen molar-refractivity contribution < 1.29 is 4.52 Å². The summed E-state index contributed by atoms with van der Waals surface area (Å²) >= 11 is 0. The zero-order valence-electron chi connectivity index (χ0n) is 10.6. The van der Waals surface area contributed by atoms with Gasteiger partial charge >= 0.3 is 0 Å². The number of rotatable bonds is 2. The van der Waals surface area contributed by atoms with Crippen LogP contribution in [0.25, 0.3) is 11.1 Å². The SMILES string of the molecule is Cc1noc2ncnc(NC3CCNC(C)C3)c12. The van der Waals surface area contributed by atoms with E-state index >= 15 is 0 Å². The lowest BCUT2D eigenvalue weighted by Gasteiger charge is -2.29. The monoisotopic (exact) mass is 247 g/mol. The molecule has 1 aliphatic rings. The van der Waals surface area contributed by atoms with Gasteiger partial charge in [0.25, 0.3) is 5.71 Å². The number of nitrogens with one attached hydrogen (secondary N) is 2. The van der Waals surface area contributed by atoms with Crippen LogP contribution < -0.4 is 10.6 Å². The molecule has 2 aromatic rings. The van der Waals surface area contributed by atoms with Crippen LogP contribution in [0.4, 0.5) is 5.82 Å². The van der Waals surface area contributed by atoms with Crippen molar-refractivity contribution in [3.05, 3.63) is 12.0 Å². The van der Waals surface area contributed by atoms with Gasteiger partial charge in [0.1, 0.15) is 17.5 Å². The lowest BCUT2D eigenvalue weighted by Crippen LogP contribution is -2.41. The summed E-state index contributed by atoms with van der Waals surface area (Å²) in [6, 6.07) is 0.978. The number of aromatic nitrogens is 3. The molecular formula is C12H17N5O.